The predicted molar refractivity (Wildman–Crippen MR) is 86.3 cm³/mol. The van der Waals surface area contributed by atoms with Crippen molar-refractivity contribution >= 4 is 23.0 Å². The van der Waals surface area contributed by atoms with Gasteiger partial charge in [0.05, 0.1) is 5.57 Å². The standard InChI is InChI=1S/C17H14N2O2S/c20-17(21)13-3-4-15-14-9-12(16-18-6-8-22-16)2-1-11(14)5-7-19(15)10-13/h1-2,4,6,8-10H,3,5,7H2,(H,20,21). The number of hydrogen-bond donors (Lipinski definition) is 1. The van der Waals surface area contributed by atoms with Gasteiger partial charge in [0.25, 0.3) is 0 Å². The molecule has 5 heteroatoms. The number of carbonyl (C=O) groups is 1. The van der Waals surface area contributed by atoms with E-state index in [9.17, 15) is 4.79 Å². The topological polar surface area (TPSA) is 53.4 Å². The van der Waals surface area contributed by atoms with E-state index in [1.807, 2.05) is 17.7 Å². The van der Waals surface area contributed by atoms with Gasteiger partial charge in [0.1, 0.15) is 5.01 Å². The van der Waals surface area contributed by atoms with Crippen molar-refractivity contribution < 1.29 is 9.90 Å². The second-order valence-electron chi connectivity index (χ2n) is 5.41. The SMILES string of the molecule is O=C(O)C1=CN2CCc3ccc(-c4nccs4)cc3C2=CC1. The van der Waals surface area contributed by atoms with E-state index in [-0.39, 0.29) is 0 Å². The molecular formula is C17H14N2O2S. The van der Waals surface area contributed by atoms with Gasteiger partial charge < -0.3 is 10.0 Å². The first-order chi connectivity index (χ1) is 10.7. The number of nitrogens with zero attached hydrogens (tertiary/aromatic N) is 2. The summed E-state index contributed by atoms with van der Waals surface area (Å²) in [6.45, 7) is 0.826. The van der Waals surface area contributed by atoms with Crippen molar-refractivity contribution in [1.29, 1.82) is 0 Å². The van der Waals surface area contributed by atoms with Crippen LogP contribution >= 0.6 is 11.3 Å². The molecule has 1 aromatic carbocycles. The van der Waals surface area contributed by atoms with Crippen molar-refractivity contribution in [2.75, 3.05) is 6.54 Å². The molecule has 22 heavy (non-hydrogen) atoms. The minimum Gasteiger partial charge on any atom is -0.478 e. The van der Waals surface area contributed by atoms with E-state index >= 15 is 0 Å². The van der Waals surface area contributed by atoms with Crippen molar-refractivity contribution in [3.05, 3.63) is 58.8 Å². The Morgan fingerprint density at radius 1 is 1.36 bits per heavy atom. The minimum absolute atomic E-state index is 0.447. The highest BCUT2D eigenvalue weighted by molar-refractivity contribution is 7.13. The summed E-state index contributed by atoms with van der Waals surface area (Å²) in [6.07, 6.45) is 7.01. The fourth-order valence-electron chi connectivity index (χ4n) is 3.00. The van der Waals surface area contributed by atoms with Crippen LogP contribution in [0, 0.1) is 0 Å². The number of thiazole rings is 1. The van der Waals surface area contributed by atoms with Crippen LogP contribution < -0.4 is 0 Å². The van der Waals surface area contributed by atoms with E-state index in [1.165, 1.54) is 11.1 Å². The molecule has 2 aromatic rings. The van der Waals surface area contributed by atoms with Crippen LogP contribution in [-0.2, 0) is 11.2 Å². The number of benzene rings is 1. The van der Waals surface area contributed by atoms with Gasteiger partial charge in [0.15, 0.2) is 0 Å². The van der Waals surface area contributed by atoms with Crippen molar-refractivity contribution in [1.82, 2.24) is 9.88 Å². The Hall–Kier alpha value is -2.40. The number of carboxylic acids is 1. The van der Waals surface area contributed by atoms with Crippen molar-refractivity contribution in [3.8, 4) is 10.6 Å². The van der Waals surface area contributed by atoms with Crippen LogP contribution in [0.3, 0.4) is 0 Å². The molecule has 4 rings (SSSR count). The Balaban J connectivity index is 1.76. The molecule has 0 saturated heterocycles. The van der Waals surface area contributed by atoms with Gasteiger partial charge >= 0.3 is 5.97 Å². The molecule has 110 valence electrons. The molecule has 2 aliphatic heterocycles. The lowest BCUT2D eigenvalue weighted by Crippen LogP contribution is -2.28. The third-order valence-electron chi connectivity index (χ3n) is 4.10. The number of rotatable bonds is 2. The predicted octanol–water partition coefficient (Wildman–Crippen LogP) is 3.38. The van der Waals surface area contributed by atoms with Gasteiger partial charge in [-0.1, -0.05) is 18.2 Å². The van der Waals surface area contributed by atoms with Crippen molar-refractivity contribution in [2.45, 2.75) is 12.8 Å². The second-order valence-corrected chi connectivity index (χ2v) is 6.30. The molecule has 1 N–H and O–H groups in total. The second kappa shape index (κ2) is 5.10. The number of aromatic nitrogens is 1. The van der Waals surface area contributed by atoms with E-state index < -0.39 is 5.97 Å². The van der Waals surface area contributed by atoms with Crippen LogP contribution in [0.1, 0.15) is 17.5 Å². The number of hydrogen-bond acceptors (Lipinski definition) is 4. The van der Waals surface area contributed by atoms with Crippen LogP contribution in [0.15, 0.2) is 47.6 Å². The summed E-state index contributed by atoms with van der Waals surface area (Å²) in [5.74, 6) is -0.836. The molecular weight excluding hydrogens is 296 g/mol. The van der Waals surface area contributed by atoms with Gasteiger partial charge in [0.2, 0.25) is 0 Å². The van der Waals surface area contributed by atoms with Crippen molar-refractivity contribution in [2.24, 2.45) is 0 Å². The van der Waals surface area contributed by atoms with E-state index in [1.54, 1.807) is 17.5 Å². The van der Waals surface area contributed by atoms with Crippen LogP contribution in [0.4, 0.5) is 0 Å². The highest BCUT2D eigenvalue weighted by Crippen LogP contribution is 2.36. The fraction of sp³-hybridized carbons (Fsp3) is 0.176. The maximum absolute atomic E-state index is 11.2. The summed E-state index contributed by atoms with van der Waals surface area (Å²) in [7, 11) is 0. The average Bonchev–Trinajstić information content (AvgIpc) is 3.08. The maximum atomic E-state index is 11.2. The third-order valence-corrected chi connectivity index (χ3v) is 4.92. The largest absolute Gasteiger partial charge is 0.478 e. The van der Waals surface area contributed by atoms with Crippen molar-refractivity contribution in [3.63, 3.8) is 0 Å². The normalized spacial score (nSPS) is 16.5. The highest BCUT2D eigenvalue weighted by atomic mass is 32.1. The molecule has 3 heterocycles. The lowest BCUT2D eigenvalue weighted by molar-refractivity contribution is -0.132. The first-order valence-corrected chi connectivity index (χ1v) is 8.04. The van der Waals surface area contributed by atoms with Crippen LogP contribution in [-0.4, -0.2) is 27.5 Å². The first-order valence-electron chi connectivity index (χ1n) is 7.16. The molecule has 0 atom stereocenters. The summed E-state index contributed by atoms with van der Waals surface area (Å²) in [5.41, 5.74) is 5.19. The fourth-order valence-corrected chi connectivity index (χ4v) is 3.63. The molecule has 0 spiro atoms. The number of aliphatic carboxylic acids is 1. The highest BCUT2D eigenvalue weighted by Gasteiger charge is 2.24. The zero-order valence-electron chi connectivity index (χ0n) is 11.8. The van der Waals surface area contributed by atoms with Gasteiger partial charge in [0, 0.05) is 47.6 Å². The monoisotopic (exact) mass is 310 g/mol. The molecule has 2 aliphatic rings. The lowest BCUT2D eigenvalue weighted by atomic mass is 9.92. The summed E-state index contributed by atoms with van der Waals surface area (Å²) in [5, 5.41) is 12.1. The summed E-state index contributed by atoms with van der Waals surface area (Å²) < 4.78 is 0. The zero-order chi connectivity index (χ0) is 15.1. The van der Waals surface area contributed by atoms with E-state index in [0.29, 0.717) is 12.0 Å². The Morgan fingerprint density at radius 2 is 2.27 bits per heavy atom. The first kappa shape index (κ1) is 13.3. The molecule has 0 amide bonds. The maximum Gasteiger partial charge on any atom is 0.333 e. The Bertz CT molecular complexity index is 806. The lowest BCUT2D eigenvalue weighted by Gasteiger charge is -2.33. The minimum atomic E-state index is -0.836. The average molecular weight is 310 g/mol. The molecule has 0 aliphatic carbocycles. The molecule has 0 unspecified atom stereocenters. The molecule has 0 saturated carbocycles. The third kappa shape index (κ3) is 2.14. The van der Waals surface area contributed by atoms with E-state index in [4.69, 9.17) is 5.11 Å². The van der Waals surface area contributed by atoms with Crippen LogP contribution in [0.25, 0.3) is 16.3 Å². The number of fused-ring (bicyclic) bond motifs is 3. The number of carboxylic acid groups (broad SMARTS) is 1. The van der Waals surface area contributed by atoms with Crippen LogP contribution in [0.5, 0.6) is 0 Å². The Morgan fingerprint density at radius 3 is 3.05 bits per heavy atom. The number of allylic oxidation sites excluding steroid dienone is 1. The molecule has 0 fully saturated rings. The van der Waals surface area contributed by atoms with Gasteiger partial charge in [-0.3, -0.25) is 0 Å². The summed E-state index contributed by atoms with van der Waals surface area (Å²) in [6, 6.07) is 6.46. The van der Waals surface area contributed by atoms with E-state index in [2.05, 4.69) is 28.1 Å². The molecule has 4 nitrogen and oxygen atoms in total. The molecule has 0 radical (unpaired) electrons. The van der Waals surface area contributed by atoms with Gasteiger partial charge in [-0.2, -0.15) is 0 Å². The summed E-state index contributed by atoms with van der Waals surface area (Å²) >= 11 is 1.63. The van der Waals surface area contributed by atoms with Crippen LogP contribution in [0.2, 0.25) is 0 Å². The van der Waals surface area contributed by atoms with Gasteiger partial charge in [-0.25, -0.2) is 9.78 Å². The van der Waals surface area contributed by atoms with Gasteiger partial charge in [-0.05, 0) is 18.1 Å². The zero-order valence-corrected chi connectivity index (χ0v) is 12.6. The smallest absolute Gasteiger partial charge is 0.333 e. The molecule has 1 aromatic heterocycles. The molecule has 0 bridgehead atoms. The Labute approximate surface area is 132 Å². The van der Waals surface area contributed by atoms with Gasteiger partial charge in [-0.15, -0.1) is 11.3 Å². The Kier molecular flexibility index (Phi) is 3.08. The quantitative estimate of drug-likeness (QED) is 0.924. The summed E-state index contributed by atoms with van der Waals surface area (Å²) in [4.78, 5) is 17.6. The van der Waals surface area contributed by atoms with E-state index in [0.717, 1.165) is 29.2 Å².